The Morgan fingerprint density at radius 1 is 1.54 bits per heavy atom. The van der Waals surface area contributed by atoms with Gasteiger partial charge in [-0.2, -0.15) is 0 Å². The first-order valence-corrected chi connectivity index (χ1v) is 5.11. The molecule has 1 aliphatic heterocycles. The first-order valence-electron chi connectivity index (χ1n) is 3.58. The molecular formula is C5H11O7P. The minimum atomic E-state index is -4.61. The molecule has 1 aliphatic rings. The molecule has 0 aromatic heterocycles. The lowest BCUT2D eigenvalue weighted by Gasteiger charge is -2.16. The highest BCUT2D eigenvalue weighted by Crippen LogP contribution is 2.39. The van der Waals surface area contributed by atoms with E-state index in [0.717, 1.165) is 0 Å². The van der Waals surface area contributed by atoms with E-state index in [2.05, 4.69) is 4.52 Å². The average molecular weight is 214 g/mol. The van der Waals surface area contributed by atoms with Crippen molar-refractivity contribution in [1.29, 1.82) is 0 Å². The third-order valence-electron chi connectivity index (χ3n) is 1.69. The first kappa shape index (κ1) is 11.1. The highest BCUT2D eigenvalue weighted by molar-refractivity contribution is 7.46. The molecule has 4 N–H and O–H groups in total. The van der Waals surface area contributed by atoms with Crippen LogP contribution in [0.2, 0.25) is 0 Å². The van der Waals surface area contributed by atoms with Crippen LogP contribution in [0.3, 0.4) is 0 Å². The summed E-state index contributed by atoms with van der Waals surface area (Å²) in [4.78, 5) is 16.8. The van der Waals surface area contributed by atoms with E-state index < -0.39 is 32.7 Å². The number of ether oxygens (including phenoxy) is 1. The van der Waals surface area contributed by atoms with Crippen LogP contribution in [-0.4, -0.2) is 51.5 Å². The minimum Gasteiger partial charge on any atom is -0.394 e. The second-order valence-corrected chi connectivity index (χ2v) is 3.87. The van der Waals surface area contributed by atoms with Crippen LogP contribution in [0.5, 0.6) is 0 Å². The number of phosphoric ester groups is 1. The van der Waals surface area contributed by atoms with Crippen molar-refractivity contribution in [3.05, 3.63) is 0 Å². The fourth-order valence-electron chi connectivity index (χ4n) is 1.08. The van der Waals surface area contributed by atoms with Gasteiger partial charge in [0.05, 0.1) is 13.2 Å². The predicted octanol–water partition coefficient (Wildman–Crippen LogP) is -1.78. The van der Waals surface area contributed by atoms with Gasteiger partial charge < -0.3 is 24.7 Å². The number of hydrogen-bond donors (Lipinski definition) is 4. The Labute approximate surface area is 74.1 Å². The van der Waals surface area contributed by atoms with Gasteiger partial charge in [0.25, 0.3) is 0 Å². The van der Waals surface area contributed by atoms with Gasteiger partial charge in [0.2, 0.25) is 0 Å². The van der Waals surface area contributed by atoms with Crippen LogP contribution in [0.1, 0.15) is 0 Å². The van der Waals surface area contributed by atoms with E-state index in [1.54, 1.807) is 0 Å². The zero-order valence-electron chi connectivity index (χ0n) is 6.61. The predicted molar refractivity (Wildman–Crippen MR) is 39.7 cm³/mol. The topological polar surface area (TPSA) is 116 Å². The molecule has 3 atom stereocenters. The lowest BCUT2D eigenvalue weighted by atomic mass is 10.2. The summed E-state index contributed by atoms with van der Waals surface area (Å²) in [5, 5.41) is 17.9. The average Bonchev–Trinajstić information content (AvgIpc) is 2.30. The van der Waals surface area contributed by atoms with Crippen LogP contribution >= 0.6 is 7.82 Å². The Morgan fingerprint density at radius 3 is 2.54 bits per heavy atom. The Balaban J connectivity index is 2.50. The van der Waals surface area contributed by atoms with Gasteiger partial charge in [-0.3, -0.25) is 4.52 Å². The SMILES string of the molecule is O=P(O)(O)O[C@H]1CO[C@H](CO)[C@H]1O. The summed E-state index contributed by atoms with van der Waals surface area (Å²) in [7, 11) is -4.61. The van der Waals surface area contributed by atoms with Gasteiger partial charge >= 0.3 is 7.82 Å². The van der Waals surface area contributed by atoms with E-state index in [4.69, 9.17) is 19.6 Å². The van der Waals surface area contributed by atoms with E-state index in [1.165, 1.54) is 0 Å². The molecule has 0 spiro atoms. The number of hydrogen-bond acceptors (Lipinski definition) is 5. The van der Waals surface area contributed by atoms with Crippen LogP contribution in [-0.2, 0) is 13.8 Å². The highest BCUT2D eigenvalue weighted by atomic mass is 31.2. The molecule has 1 heterocycles. The van der Waals surface area contributed by atoms with Crippen molar-refractivity contribution in [2.24, 2.45) is 0 Å². The van der Waals surface area contributed by atoms with E-state index in [9.17, 15) is 9.67 Å². The molecule has 7 nitrogen and oxygen atoms in total. The maximum absolute atomic E-state index is 10.4. The Morgan fingerprint density at radius 2 is 2.15 bits per heavy atom. The second-order valence-electron chi connectivity index (χ2n) is 2.68. The molecule has 0 saturated carbocycles. The molecule has 1 saturated heterocycles. The summed E-state index contributed by atoms with van der Waals surface area (Å²) in [6, 6.07) is 0. The van der Waals surface area contributed by atoms with Crippen LogP contribution in [0.15, 0.2) is 0 Å². The zero-order valence-corrected chi connectivity index (χ0v) is 7.50. The molecule has 13 heavy (non-hydrogen) atoms. The van der Waals surface area contributed by atoms with Crippen molar-refractivity contribution in [2.75, 3.05) is 13.2 Å². The van der Waals surface area contributed by atoms with Gasteiger partial charge in [0.15, 0.2) is 0 Å². The van der Waals surface area contributed by atoms with E-state index in [-0.39, 0.29) is 6.61 Å². The second kappa shape index (κ2) is 4.02. The largest absolute Gasteiger partial charge is 0.470 e. The molecule has 8 heteroatoms. The smallest absolute Gasteiger partial charge is 0.394 e. The summed E-state index contributed by atoms with van der Waals surface area (Å²) in [5.41, 5.74) is 0. The number of aliphatic hydroxyl groups is 2. The maximum Gasteiger partial charge on any atom is 0.470 e. The molecule has 78 valence electrons. The Hall–Kier alpha value is -0.0100. The summed E-state index contributed by atoms with van der Waals surface area (Å²) < 4.78 is 19.4. The monoisotopic (exact) mass is 214 g/mol. The third-order valence-corrected chi connectivity index (χ3v) is 2.23. The lowest BCUT2D eigenvalue weighted by Crippen LogP contribution is -2.33. The van der Waals surface area contributed by atoms with E-state index >= 15 is 0 Å². The van der Waals surface area contributed by atoms with Crippen LogP contribution in [0.25, 0.3) is 0 Å². The molecule has 1 fully saturated rings. The maximum atomic E-state index is 10.4. The lowest BCUT2D eigenvalue weighted by molar-refractivity contribution is -0.00598. The minimum absolute atomic E-state index is 0.141. The number of phosphoric acid groups is 1. The van der Waals surface area contributed by atoms with Crippen LogP contribution in [0.4, 0.5) is 0 Å². The van der Waals surface area contributed by atoms with E-state index in [0.29, 0.717) is 0 Å². The first-order chi connectivity index (χ1) is 5.94. The number of aliphatic hydroxyl groups excluding tert-OH is 2. The fraction of sp³-hybridized carbons (Fsp3) is 1.00. The van der Waals surface area contributed by atoms with Crippen molar-refractivity contribution in [2.45, 2.75) is 18.3 Å². The summed E-state index contributed by atoms with van der Waals surface area (Å²) in [6.07, 6.45) is -3.13. The summed E-state index contributed by atoms with van der Waals surface area (Å²) in [5.74, 6) is 0. The Kier molecular flexibility index (Phi) is 3.42. The zero-order chi connectivity index (χ0) is 10.1. The quantitative estimate of drug-likeness (QED) is 0.410. The van der Waals surface area contributed by atoms with Crippen LogP contribution in [0, 0.1) is 0 Å². The molecule has 0 aliphatic carbocycles. The van der Waals surface area contributed by atoms with Gasteiger partial charge in [0.1, 0.15) is 18.3 Å². The van der Waals surface area contributed by atoms with Crippen molar-refractivity contribution >= 4 is 7.82 Å². The van der Waals surface area contributed by atoms with Gasteiger partial charge in [-0.25, -0.2) is 4.57 Å². The van der Waals surface area contributed by atoms with Crippen molar-refractivity contribution in [1.82, 2.24) is 0 Å². The van der Waals surface area contributed by atoms with Gasteiger partial charge in [0, 0.05) is 0 Å². The van der Waals surface area contributed by atoms with Gasteiger partial charge in [-0.15, -0.1) is 0 Å². The van der Waals surface area contributed by atoms with Crippen molar-refractivity contribution in [3.63, 3.8) is 0 Å². The van der Waals surface area contributed by atoms with Crippen LogP contribution < -0.4 is 0 Å². The highest BCUT2D eigenvalue weighted by Gasteiger charge is 2.39. The standard InChI is InChI=1S/C5H11O7P/c6-1-3-5(7)4(2-11-3)12-13(8,9)10/h3-7H,1-2H2,(H2,8,9,10)/t3-,4+,5-/m1/s1. The molecular weight excluding hydrogens is 203 g/mol. The summed E-state index contributed by atoms with van der Waals surface area (Å²) >= 11 is 0. The van der Waals surface area contributed by atoms with Gasteiger partial charge in [-0.05, 0) is 0 Å². The molecule has 0 radical (unpaired) electrons. The van der Waals surface area contributed by atoms with Crippen molar-refractivity contribution in [3.8, 4) is 0 Å². The third kappa shape index (κ3) is 2.99. The fourth-order valence-corrected chi connectivity index (χ4v) is 1.62. The van der Waals surface area contributed by atoms with E-state index in [1.807, 2.05) is 0 Å². The molecule has 0 amide bonds. The molecule has 0 unspecified atom stereocenters. The molecule has 0 aromatic carbocycles. The molecule has 1 rings (SSSR count). The number of rotatable bonds is 3. The molecule has 0 aromatic rings. The van der Waals surface area contributed by atoms with Gasteiger partial charge in [-0.1, -0.05) is 0 Å². The molecule has 0 bridgehead atoms. The summed E-state index contributed by atoms with van der Waals surface area (Å²) in [6.45, 7) is -0.556. The normalized spacial score (nSPS) is 35.2. The Bertz CT molecular complexity index is 213. The van der Waals surface area contributed by atoms with Crippen molar-refractivity contribution < 1.29 is 33.8 Å².